The number of morpholine rings is 1. The minimum absolute atomic E-state index is 0.181. The van der Waals surface area contributed by atoms with E-state index < -0.39 is 0 Å². The van der Waals surface area contributed by atoms with Crippen molar-refractivity contribution in [1.82, 2.24) is 15.3 Å². The number of aromatic nitrogens is 2. The fourth-order valence-electron chi connectivity index (χ4n) is 4.04. The van der Waals surface area contributed by atoms with Gasteiger partial charge in [0.1, 0.15) is 5.75 Å². The third-order valence-electron chi connectivity index (χ3n) is 5.42. The van der Waals surface area contributed by atoms with Crippen LogP contribution in [-0.4, -0.2) is 41.4 Å². The van der Waals surface area contributed by atoms with E-state index in [1.165, 1.54) is 5.56 Å². The number of rotatable bonds is 4. The number of hydrogen-bond acceptors (Lipinski definition) is 6. The lowest BCUT2D eigenvalue weighted by Crippen LogP contribution is -2.39. The topological polar surface area (TPSA) is 70.5 Å². The normalized spacial score (nSPS) is 21.7. The molecule has 1 unspecified atom stereocenters. The first kappa shape index (κ1) is 18.2. The zero-order valence-electron chi connectivity index (χ0n) is 16.1. The Hall–Kier alpha value is -2.18. The average molecular weight is 368 g/mol. The van der Waals surface area contributed by atoms with Gasteiger partial charge in [0, 0.05) is 37.4 Å². The summed E-state index contributed by atoms with van der Waals surface area (Å²) < 4.78 is 5.44. The molecule has 1 saturated heterocycles. The van der Waals surface area contributed by atoms with Crippen molar-refractivity contribution in [2.45, 2.75) is 39.3 Å². The van der Waals surface area contributed by atoms with Crippen molar-refractivity contribution in [3.63, 3.8) is 0 Å². The van der Waals surface area contributed by atoms with Crippen LogP contribution in [0.25, 0.3) is 0 Å². The summed E-state index contributed by atoms with van der Waals surface area (Å²) in [7, 11) is 0. The first-order valence-electron chi connectivity index (χ1n) is 9.70. The summed E-state index contributed by atoms with van der Waals surface area (Å²) in [6, 6.07) is 7.62. The number of fused-ring (bicyclic) bond motifs is 1. The summed E-state index contributed by atoms with van der Waals surface area (Å²) in [6.07, 6.45) is 4.01. The third kappa shape index (κ3) is 4.22. The van der Waals surface area contributed by atoms with Crippen LogP contribution in [-0.2, 0) is 17.7 Å². The molecular weight excluding hydrogens is 340 g/mol. The van der Waals surface area contributed by atoms with Crippen LogP contribution in [0, 0.1) is 5.41 Å². The highest BCUT2D eigenvalue weighted by Gasteiger charge is 2.34. The van der Waals surface area contributed by atoms with Gasteiger partial charge in [0.15, 0.2) is 0 Å². The Balaban J connectivity index is 1.55. The largest absolute Gasteiger partial charge is 0.508 e. The van der Waals surface area contributed by atoms with Gasteiger partial charge in [-0.2, -0.15) is 0 Å². The van der Waals surface area contributed by atoms with Crippen molar-refractivity contribution < 1.29 is 9.84 Å². The minimum atomic E-state index is 0.181. The van der Waals surface area contributed by atoms with Gasteiger partial charge < -0.3 is 20.1 Å². The van der Waals surface area contributed by atoms with E-state index in [9.17, 15) is 5.11 Å². The van der Waals surface area contributed by atoms with Crippen molar-refractivity contribution in [1.29, 1.82) is 0 Å². The van der Waals surface area contributed by atoms with Crippen molar-refractivity contribution in [2.75, 3.05) is 31.2 Å². The highest BCUT2D eigenvalue weighted by molar-refractivity contribution is 5.37. The maximum Gasteiger partial charge on any atom is 0.225 e. The highest BCUT2D eigenvalue weighted by atomic mass is 16.5. The number of benzene rings is 1. The Bertz CT molecular complexity index is 803. The Kier molecular flexibility index (Phi) is 5.02. The number of nitrogens with zero attached hydrogens (tertiary/aromatic N) is 3. The maximum absolute atomic E-state index is 9.68. The fraction of sp³-hybridized carbons (Fsp3) is 0.524. The second-order valence-electron chi connectivity index (χ2n) is 8.32. The van der Waals surface area contributed by atoms with Crippen molar-refractivity contribution in [3.05, 3.63) is 47.3 Å². The predicted octanol–water partition coefficient (Wildman–Crippen LogP) is 2.82. The van der Waals surface area contributed by atoms with Gasteiger partial charge in [-0.25, -0.2) is 9.97 Å². The first-order chi connectivity index (χ1) is 13.0. The molecule has 1 aromatic heterocycles. The van der Waals surface area contributed by atoms with Crippen LogP contribution in [0.2, 0.25) is 0 Å². The van der Waals surface area contributed by atoms with Crippen LogP contribution in [0.5, 0.6) is 5.75 Å². The molecule has 144 valence electrons. The molecule has 6 nitrogen and oxygen atoms in total. The van der Waals surface area contributed by atoms with E-state index in [-0.39, 0.29) is 11.5 Å². The lowest BCUT2D eigenvalue weighted by atomic mass is 9.74. The molecule has 4 rings (SSSR count). The van der Waals surface area contributed by atoms with Crippen LogP contribution in [0.3, 0.4) is 0 Å². The SMILES string of the molecule is CC1(C)Cc2nc(N3CCOCC3)ncc2C(NCc2cccc(O)c2)C1. The highest BCUT2D eigenvalue weighted by Crippen LogP contribution is 2.40. The standard InChI is InChI=1S/C21H28N4O2/c1-21(2)11-18(22-13-15-4-3-5-16(26)10-15)17-14-23-20(24-19(17)12-21)25-6-8-27-9-7-25/h3-5,10,14,18,22,26H,6-9,11-13H2,1-2H3. The molecule has 1 aliphatic heterocycles. The van der Waals surface area contributed by atoms with Gasteiger partial charge in [-0.3, -0.25) is 0 Å². The molecule has 2 aliphatic rings. The lowest BCUT2D eigenvalue weighted by molar-refractivity contribution is 0.122. The minimum Gasteiger partial charge on any atom is -0.508 e. The van der Waals surface area contributed by atoms with Crippen LogP contribution in [0.15, 0.2) is 30.5 Å². The molecular formula is C21H28N4O2. The predicted molar refractivity (Wildman–Crippen MR) is 105 cm³/mol. The second kappa shape index (κ2) is 7.44. The average Bonchev–Trinajstić information content (AvgIpc) is 2.65. The van der Waals surface area contributed by atoms with Crippen LogP contribution in [0.1, 0.15) is 43.1 Å². The van der Waals surface area contributed by atoms with E-state index in [0.717, 1.165) is 56.4 Å². The Morgan fingerprint density at radius 2 is 2.11 bits per heavy atom. The molecule has 2 aromatic rings. The summed E-state index contributed by atoms with van der Waals surface area (Å²) in [4.78, 5) is 11.8. The Morgan fingerprint density at radius 1 is 1.30 bits per heavy atom. The van der Waals surface area contributed by atoms with E-state index >= 15 is 0 Å². The van der Waals surface area contributed by atoms with Gasteiger partial charge in [-0.15, -0.1) is 0 Å². The molecule has 0 bridgehead atoms. The van der Waals surface area contributed by atoms with Gasteiger partial charge in [0.05, 0.1) is 18.9 Å². The number of aromatic hydroxyl groups is 1. The molecule has 0 saturated carbocycles. The van der Waals surface area contributed by atoms with E-state index in [4.69, 9.17) is 9.72 Å². The quantitative estimate of drug-likeness (QED) is 0.865. The van der Waals surface area contributed by atoms with E-state index in [1.54, 1.807) is 12.1 Å². The summed E-state index contributed by atoms with van der Waals surface area (Å²) in [5, 5.41) is 13.3. The molecule has 0 radical (unpaired) electrons. The molecule has 1 fully saturated rings. The van der Waals surface area contributed by atoms with Crippen LogP contribution >= 0.6 is 0 Å². The zero-order valence-corrected chi connectivity index (χ0v) is 16.1. The summed E-state index contributed by atoms with van der Waals surface area (Å²) in [6.45, 7) is 8.48. The summed E-state index contributed by atoms with van der Waals surface area (Å²) in [5.41, 5.74) is 3.61. The molecule has 6 heteroatoms. The molecule has 0 spiro atoms. The number of nitrogens with one attached hydrogen (secondary N) is 1. The molecule has 0 amide bonds. The number of phenolic OH excluding ortho intramolecular Hbond substituents is 1. The number of phenols is 1. The lowest BCUT2D eigenvalue weighted by Gasteiger charge is -2.37. The smallest absolute Gasteiger partial charge is 0.225 e. The molecule has 2 N–H and O–H groups in total. The Morgan fingerprint density at radius 3 is 2.89 bits per heavy atom. The molecule has 27 heavy (non-hydrogen) atoms. The Labute approximate surface area is 160 Å². The van der Waals surface area contributed by atoms with Crippen molar-refractivity contribution in [3.8, 4) is 5.75 Å². The fourth-order valence-corrected chi connectivity index (χ4v) is 4.04. The van der Waals surface area contributed by atoms with Crippen LogP contribution < -0.4 is 10.2 Å². The van der Waals surface area contributed by atoms with Crippen LogP contribution in [0.4, 0.5) is 5.95 Å². The summed E-state index contributed by atoms with van der Waals surface area (Å²) >= 11 is 0. The van der Waals surface area contributed by atoms with Crippen molar-refractivity contribution >= 4 is 5.95 Å². The van der Waals surface area contributed by atoms with Gasteiger partial charge in [-0.1, -0.05) is 26.0 Å². The third-order valence-corrected chi connectivity index (χ3v) is 5.42. The maximum atomic E-state index is 9.68. The van der Waals surface area contributed by atoms with Crippen molar-refractivity contribution in [2.24, 2.45) is 5.41 Å². The van der Waals surface area contributed by atoms with E-state index in [0.29, 0.717) is 12.3 Å². The molecule has 1 aromatic carbocycles. The van der Waals surface area contributed by atoms with Gasteiger partial charge >= 0.3 is 0 Å². The summed E-state index contributed by atoms with van der Waals surface area (Å²) in [5.74, 6) is 1.12. The number of ether oxygens (including phenoxy) is 1. The van der Waals surface area contributed by atoms with Gasteiger partial charge in [0.25, 0.3) is 0 Å². The molecule has 1 aliphatic carbocycles. The van der Waals surface area contributed by atoms with E-state index in [2.05, 4.69) is 29.0 Å². The first-order valence-corrected chi connectivity index (χ1v) is 9.70. The number of hydrogen-bond donors (Lipinski definition) is 2. The second-order valence-corrected chi connectivity index (χ2v) is 8.32. The number of anilines is 1. The molecule has 2 heterocycles. The van der Waals surface area contributed by atoms with Gasteiger partial charge in [0.2, 0.25) is 5.95 Å². The monoisotopic (exact) mass is 368 g/mol. The zero-order chi connectivity index (χ0) is 18.9. The van der Waals surface area contributed by atoms with Gasteiger partial charge in [-0.05, 0) is 36.0 Å². The van der Waals surface area contributed by atoms with E-state index in [1.807, 2.05) is 18.3 Å². The molecule has 1 atom stereocenters.